The maximum absolute atomic E-state index is 13.0. The Bertz CT molecular complexity index is 687. The predicted octanol–water partition coefficient (Wildman–Crippen LogP) is 2.70. The van der Waals surface area contributed by atoms with Crippen molar-refractivity contribution in [3.8, 4) is 0 Å². The van der Waals surface area contributed by atoms with Crippen molar-refractivity contribution >= 4 is 23.2 Å². The molecule has 0 saturated carbocycles. The molecule has 0 bridgehead atoms. The van der Waals surface area contributed by atoms with Gasteiger partial charge in [0, 0.05) is 17.4 Å². The molecule has 27 heavy (non-hydrogen) atoms. The third kappa shape index (κ3) is 5.08. The standard InChI is InChI=1S/C21H32N4O2/c1-15-9-10-16(13-18(15)23-20(26)14-24(2)3)22-21(27)17-7-6-12-25-11-5-4-8-19(17)25/h9-10,13,17,19H,4-8,11-12,14H2,1-3H3,(H,22,27)(H,23,26)/t17-,19-/m1/s1. The predicted molar refractivity (Wildman–Crippen MR) is 109 cm³/mol. The van der Waals surface area contributed by atoms with Gasteiger partial charge in [0.25, 0.3) is 0 Å². The minimum atomic E-state index is -0.0586. The van der Waals surface area contributed by atoms with Gasteiger partial charge in [-0.1, -0.05) is 12.5 Å². The number of likely N-dealkylation sites (N-methyl/N-ethyl adjacent to an activating group) is 1. The van der Waals surface area contributed by atoms with Gasteiger partial charge in [-0.3, -0.25) is 14.5 Å². The second-order valence-corrected chi connectivity index (χ2v) is 8.15. The summed E-state index contributed by atoms with van der Waals surface area (Å²) >= 11 is 0. The quantitative estimate of drug-likeness (QED) is 0.834. The molecular formula is C21H32N4O2. The van der Waals surface area contributed by atoms with Crippen molar-refractivity contribution in [2.75, 3.05) is 44.4 Å². The normalized spacial score (nSPS) is 23.0. The summed E-state index contributed by atoms with van der Waals surface area (Å²) < 4.78 is 0. The van der Waals surface area contributed by atoms with Gasteiger partial charge < -0.3 is 15.5 Å². The van der Waals surface area contributed by atoms with E-state index < -0.39 is 0 Å². The number of aryl methyl sites for hydroxylation is 1. The molecule has 6 heteroatoms. The minimum Gasteiger partial charge on any atom is -0.326 e. The molecule has 0 spiro atoms. The molecule has 148 valence electrons. The molecule has 0 unspecified atom stereocenters. The van der Waals surface area contributed by atoms with E-state index >= 15 is 0 Å². The van der Waals surface area contributed by atoms with Crippen LogP contribution in [0.2, 0.25) is 0 Å². The number of piperidine rings is 2. The van der Waals surface area contributed by atoms with Gasteiger partial charge in [-0.05, 0) is 77.5 Å². The van der Waals surface area contributed by atoms with Crippen LogP contribution in [0.25, 0.3) is 0 Å². The van der Waals surface area contributed by atoms with Gasteiger partial charge in [0.05, 0.1) is 12.5 Å². The zero-order chi connectivity index (χ0) is 19.4. The SMILES string of the molecule is Cc1ccc(NC(=O)[C@@H]2CCCN3CCCC[C@H]23)cc1NC(=O)CN(C)C. The van der Waals surface area contributed by atoms with Crippen LogP contribution in [0.15, 0.2) is 18.2 Å². The molecule has 2 heterocycles. The highest BCUT2D eigenvalue weighted by Gasteiger charge is 2.37. The van der Waals surface area contributed by atoms with Gasteiger partial charge in [-0.25, -0.2) is 0 Å². The van der Waals surface area contributed by atoms with Crippen molar-refractivity contribution in [3.05, 3.63) is 23.8 Å². The van der Waals surface area contributed by atoms with E-state index in [1.54, 1.807) is 0 Å². The van der Waals surface area contributed by atoms with E-state index in [2.05, 4.69) is 15.5 Å². The third-order valence-electron chi connectivity index (χ3n) is 5.66. The van der Waals surface area contributed by atoms with E-state index in [1.807, 2.05) is 44.1 Å². The van der Waals surface area contributed by atoms with Crippen LogP contribution in [0.1, 0.15) is 37.7 Å². The Kier molecular flexibility index (Phi) is 6.50. The first kappa shape index (κ1) is 19.8. The van der Waals surface area contributed by atoms with E-state index in [9.17, 15) is 9.59 Å². The molecule has 2 saturated heterocycles. The summed E-state index contributed by atoms with van der Waals surface area (Å²) in [6.45, 7) is 4.54. The Hall–Kier alpha value is -1.92. The van der Waals surface area contributed by atoms with Crippen molar-refractivity contribution < 1.29 is 9.59 Å². The average Bonchev–Trinajstić information content (AvgIpc) is 2.63. The van der Waals surface area contributed by atoms with Gasteiger partial charge >= 0.3 is 0 Å². The topological polar surface area (TPSA) is 64.7 Å². The molecule has 3 rings (SSSR count). The molecule has 0 radical (unpaired) electrons. The number of carbonyl (C=O) groups is 2. The summed E-state index contributed by atoms with van der Waals surface area (Å²) in [5.41, 5.74) is 2.48. The molecule has 2 atom stereocenters. The first-order valence-electron chi connectivity index (χ1n) is 10.0. The van der Waals surface area contributed by atoms with Crippen LogP contribution in [0.3, 0.4) is 0 Å². The number of carbonyl (C=O) groups excluding carboxylic acids is 2. The molecule has 1 aromatic carbocycles. The van der Waals surface area contributed by atoms with Crippen LogP contribution >= 0.6 is 0 Å². The second-order valence-electron chi connectivity index (χ2n) is 8.15. The van der Waals surface area contributed by atoms with Crippen LogP contribution in [-0.2, 0) is 9.59 Å². The summed E-state index contributed by atoms with van der Waals surface area (Å²) in [6.07, 6.45) is 5.65. The lowest BCUT2D eigenvalue weighted by Crippen LogP contribution is -2.51. The van der Waals surface area contributed by atoms with E-state index in [0.29, 0.717) is 12.6 Å². The molecular weight excluding hydrogens is 340 g/mol. The summed E-state index contributed by atoms with van der Waals surface area (Å²) in [4.78, 5) is 29.4. The smallest absolute Gasteiger partial charge is 0.238 e. The number of nitrogens with zero attached hydrogens (tertiary/aromatic N) is 2. The lowest BCUT2D eigenvalue weighted by atomic mass is 9.83. The Morgan fingerprint density at radius 1 is 1.11 bits per heavy atom. The van der Waals surface area contributed by atoms with Crippen molar-refractivity contribution in [2.24, 2.45) is 5.92 Å². The minimum absolute atomic E-state index is 0.0586. The highest BCUT2D eigenvalue weighted by molar-refractivity contribution is 5.96. The average molecular weight is 373 g/mol. The number of benzene rings is 1. The van der Waals surface area contributed by atoms with Gasteiger partial charge in [0.1, 0.15) is 0 Å². The molecule has 2 amide bonds. The van der Waals surface area contributed by atoms with E-state index in [-0.39, 0.29) is 17.7 Å². The first-order valence-corrected chi connectivity index (χ1v) is 10.0. The van der Waals surface area contributed by atoms with Crippen LogP contribution in [0.5, 0.6) is 0 Å². The number of hydrogen-bond donors (Lipinski definition) is 2. The lowest BCUT2D eigenvalue weighted by molar-refractivity contribution is -0.124. The number of anilines is 2. The lowest BCUT2D eigenvalue weighted by Gasteiger charge is -2.43. The monoisotopic (exact) mass is 372 g/mol. The van der Waals surface area contributed by atoms with Gasteiger partial charge in [0.2, 0.25) is 11.8 Å². The number of fused-ring (bicyclic) bond motifs is 1. The van der Waals surface area contributed by atoms with Crippen molar-refractivity contribution in [2.45, 2.75) is 45.1 Å². The summed E-state index contributed by atoms with van der Waals surface area (Å²) in [5, 5.41) is 6.04. The fraction of sp³-hybridized carbons (Fsp3) is 0.619. The van der Waals surface area contributed by atoms with Gasteiger partial charge in [-0.2, -0.15) is 0 Å². The summed E-state index contributed by atoms with van der Waals surface area (Å²) in [6, 6.07) is 6.10. The second kappa shape index (κ2) is 8.85. The number of rotatable bonds is 5. The first-order chi connectivity index (χ1) is 12.9. The van der Waals surface area contributed by atoms with Crippen LogP contribution in [0, 0.1) is 12.8 Å². The summed E-state index contributed by atoms with van der Waals surface area (Å²) in [7, 11) is 3.73. The molecule has 0 aromatic heterocycles. The molecule has 2 N–H and O–H groups in total. The van der Waals surface area contributed by atoms with Gasteiger partial charge in [0.15, 0.2) is 0 Å². The number of hydrogen-bond acceptors (Lipinski definition) is 4. The number of nitrogens with one attached hydrogen (secondary N) is 2. The van der Waals surface area contributed by atoms with Crippen LogP contribution in [0.4, 0.5) is 11.4 Å². The molecule has 1 aromatic rings. The molecule has 6 nitrogen and oxygen atoms in total. The summed E-state index contributed by atoms with van der Waals surface area (Å²) in [5.74, 6) is 0.116. The van der Waals surface area contributed by atoms with Crippen molar-refractivity contribution in [3.63, 3.8) is 0 Å². The largest absolute Gasteiger partial charge is 0.326 e. The van der Waals surface area contributed by atoms with E-state index in [4.69, 9.17) is 0 Å². The Labute approximate surface area is 162 Å². The highest BCUT2D eigenvalue weighted by atomic mass is 16.2. The zero-order valence-corrected chi connectivity index (χ0v) is 16.8. The van der Waals surface area contributed by atoms with E-state index in [0.717, 1.165) is 49.3 Å². The number of amides is 2. The molecule has 0 aliphatic carbocycles. The maximum atomic E-state index is 13.0. The van der Waals surface area contributed by atoms with Crippen LogP contribution < -0.4 is 10.6 Å². The molecule has 2 aliphatic rings. The van der Waals surface area contributed by atoms with E-state index in [1.165, 1.54) is 12.8 Å². The van der Waals surface area contributed by atoms with Crippen LogP contribution in [-0.4, -0.2) is 61.4 Å². The van der Waals surface area contributed by atoms with Crippen molar-refractivity contribution in [1.82, 2.24) is 9.80 Å². The fourth-order valence-corrected chi connectivity index (χ4v) is 4.31. The zero-order valence-electron chi connectivity index (χ0n) is 16.8. The fourth-order valence-electron chi connectivity index (χ4n) is 4.31. The van der Waals surface area contributed by atoms with Crippen molar-refractivity contribution in [1.29, 1.82) is 0 Å². The highest BCUT2D eigenvalue weighted by Crippen LogP contribution is 2.32. The Morgan fingerprint density at radius 2 is 1.89 bits per heavy atom. The third-order valence-corrected chi connectivity index (χ3v) is 5.66. The molecule has 2 aliphatic heterocycles. The Balaban J connectivity index is 1.67. The molecule has 2 fully saturated rings. The maximum Gasteiger partial charge on any atom is 0.238 e. The Morgan fingerprint density at radius 3 is 2.67 bits per heavy atom. The van der Waals surface area contributed by atoms with Gasteiger partial charge in [-0.15, -0.1) is 0 Å².